The van der Waals surface area contributed by atoms with Crippen molar-refractivity contribution < 1.29 is 22.7 Å². The van der Waals surface area contributed by atoms with E-state index in [-0.39, 0.29) is 18.1 Å². The number of diazo groups is 1. The second kappa shape index (κ2) is 12.6. The van der Waals surface area contributed by atoms with Crippen LogP contribution in [0.2, 0.25) is 0 Å². The van der Waals surface area contributed by atoms with Crippen LogP contribution in [0.15, 0.2) is 54.6 Å². The van der Waals surface area contributed by atoms with Crippen molar-refractivity contribution in [2.24, 2.45) is 0 Å². The molecule has 0 aliphatic rings. The Morgan fingerprint density at radius 1 is 1.05 bits per heavy atom. The number of nitro groups is 1. The summed E-state index contributed by atoms with van der Waals surface area (Å²) in [6, 6.07) is 16.6. The minimum atomic E-state index is -0.417. The van der Waals surface area contributed by atoms with Crippen molar-refractivity contribution in [3.05, 3.63) is 75.8 Å². The summed E-state index contributed by atoms with van der Waals surface area (Å²) in [5.41, 5.74) is 2.89. The number of rotatable bonds is 2. The number of para-hydroxylation sites is 1. The normalized spacial score (nSPS) is 8.00. The first-order chi connectivity index (χ1) is 9.63. The van der Waals surface area contributed by atoms with Crippen LogP contribution in [-0.2, 0) is 6.42 Å². The summed E-state index contributed by atoms with van der Waals surface area (Å²) in [5, 5.41) is 21.0. The van der Waals surface area contributed by atoms with Gasteiger partial charge >= 0.3 is 0 Å². The minimum absolute atomic E-state index is 0. The molecule has 1 N–H and O–H groups in total. The highest BCUT2D eigenvalue weighted by molar-refractivity contribution is 5.28. The number of nitrogens with zero attached hydrogens (tertiary/aromatic N) is 2. The summed E-state index contributed by atoms with van der Waals surface area (Å²) in [5.74, 6) is 0. The van der Waals surface area contributed by atoms with Crippen molar-refractivity contribution in [3.63, 3.8) is 0 Å². The predicted octanol–water partition coefficient (Wildman–Crippen LogP) is -0.564. The van der Waals surface area contributed by atoms with E-state index in [2.05, 4.69) is 38.1 Å². The highest BCUT2D eigenvalue weighted by Crippen LogP contribution is 2.06. The van der Waals surface area contributed by atoms with Crippen LogP contribution in [-0.4, -0.2) is 4.92 Å². The number of nitrogens with one attached hydrogen (secondary N) is 1. The lowest BCUT2D eigenvalue weighted by Crippen LogP contribution is -3.00. The van der Waals surface area contributed by atoms with Gasteiger partial charge in [0.2, 0.25) is 5.39 Å². The summed E-state index contributed by atoms with van der Waals surface area (Å²) in [6.45, 7) is 4.28. The minimum Gasteiger partial charge on any atom is -1.00 e. The molecule has 0 atom stereocenters. The van der Waals surface area contributed by atoms with E-state index in [1.54, 1.807) is 18.2 Å². The van der Waals surface area contributed by atoms with E-state index in [4.69, 9.17) is 10.8 Å². The number of aryl methyl sites for hydroxylation is 2. The first-order valence-corrected chi connectivity index (χ1v) is 6.11. The zero-order valence-corrected chi connectivity index (χ0v) is 12.7. The zero-order valence-electron chi connectivity index (χ0n) is 12.0. The Bertz CT molecular complexity index is 528. The van der Waals surface area contributed by atoms with E-state index in [1.165, 1.54) is 23.3 Å². The van der Waals surface area contributed by atoms with Gasteiger partial charge in [0.15, 0.2) is 0 Å². The molecule has 21 heavy (non-hydrogen) atoms. The molecule has 5 nitrogen and oxygen atoms in total. The summed E-state index contributed by atoms with van der Waals surface area (Å²) < 4.78 is 0. The maximum Gasteiger partial charge on any atom is 0.269 e. The van der Waals surface area contributed by atoms with Crippen molar-refractivity contribution in [2.75, 3.05) is 0 Å². The lowest BCUT2D eigenvalue weighted by atomic mass is 10.1. The highest BCUT2D eigenvalue weighted by Gasteiger charge is 1.98. The van der Waals surface area contributed by atoms with Gasteiger partial charge in [-0.05, 0) is 18.9 Å². The Kier molecular flexibility index (Phi) is 12.5. The van der Waals surface area contributed by atoms with Gasteiger partial charge in [0, 0.05) is 12.1 Å². The maximum atomic E-state index is 10.0. The Morgan fingerprint density at radius 2 is 1.52 bits per heavy atom. The monoisotopic (exact) mass is 307 g/mol. The molecular formula is C15H18ClN3O2. The maximum absolute atomic E-state index is 10.0. The molecule has 0 bridgehead atoms. The molecule has 0 saturated heterocycles. The quantitative estimate of drug-likeness (QED) is 0.458. The number of non-ortho nitro benzene ring substituents is 1. The van der Waals surface area contributed by atoms with E-state index in [9.17, 15) is 10.1 Å². The average Bonchev–Trinajstić information content (AvgIpc) is 2.51. The van der Waals surface area contributed by atoms with Gasteiger partial charge in [0.1, 0.15) is 0 Å². The van der Waals surface area contributed by atoms with Gasteiger partial charge in [-0.2, -0.15) is 0 Å². The van der Waals surface area contributed by atoms with Crippen LogP contribution < -0.4 is 17.8 Å². The molecule has 0 unspecified atom stereocenters. The largest absolute Gasteiger partial charge is 1.00 e. The molecular weight excluding hydrogens is 290 g/mol. The first kappa shape index (κ1) is 20.9. The van der Waals surface area contributed by atoms with Crippen molar-refractivity contribution in [3.8, 4) is 0 Å². The molecule has 0 heterocycles. The SMILES string of the molecule is CCc1ccc(C)cc1.N#[NH+].O=[N+]([O-])c1ccccc1.[Cl-]. The Balaban J connectivity index is 0. The van der Waals surface area contributed by atoms with E-state index in [0.29, 0.717) is 0 Å². The second-order valence-corrected chi connectivity index (χ2v) is 3.93. The third-order valence-electron chi connectivity index (χ3n) is 2.50. The zero-order chi connectivity index (χ0) is 15.4. The Hall–Kier alpha value is -2.45. The lowest BCUT2D eigenvalue weighted by Gasteiger charge is -1.94. The number of nitro benzene ring substituents is 1. The highest BCUT2D eigenvalue weighted by atomic mass is 35.5. The van der Waals surface area contributed by atoms with Gasteiger partial charge in [-0.1, -0.05) is 55.0 Å². The second-order valence-electron chi connectivity index (χ2n) is 3.93. The van der Waals surface area contributed by atoms with Gasteiger partial charge in [-0.25, -0.2) is 0 Å². The van der Waals surface area contributed by atoms with Crippen LogP contribution in [0.3, 0.4) is 0 Å². The number of benzene rings is 2. The van der Waals surface area contributed by atoms with Crippen molar-refractivity contribution in [1.82, 2.24) is 0 Å². The molecule has 2 rings (SSSR count). The molecule has 112 valence electrons. The van der Waals surface area contributed by atoms with Crippen LogP contribution in [0.4, 0.5) is 5.69 Å². The topological polar surface area (TPSA) is 90.7 Å². The van der Waals surface area contributed by atoms with Gasteiger partial charge in [0.05, 0.1) is 10.3 Å². The fourth-order valence-electron chi connectivity index (χ4n) is 1.37. The van der Waals surface area contributed by atoms with Gasteiger partial charge in [-0.3, -0.25) is 10.1 Å². The lowest BCUT2D eigenvalue weighted by molar-refractivity contribution is -0.384. The molecule has 0 radical (unpaired) electrons. The van der Waals surface area contributed by atoms with Crippen LogP contribution in [0.1, 0.15) is 18.1 Å². The Morgan fingerprint density at radius 3 is 1.86 bits per heavy atom. The molecule has 2 aromatic carbocycles. The van der Waals surface area contributed by atoms with Crippen molar-refractivity contribution in [2.45, 2.75) is 20.3 Å². The van der Waals surface area contributed by atoms with Crippen LogP contribution in [0.25, 0.3) is 0 Å². The number of halogens is 1. The summed E-state index contributed by atoms with van der Waals surface area (Å²) in [7, 11) is 0. The fourth-order valence-corrected chi connectivity index (χ4v) is 1.37. The number of hydrogen-bond acceptors (Lipinski definition) is 3. The van der Waals surface area contributed by atoms with Crippen LogP contribution in [0.5, 0.6) is 0 Å². The summed E-state index contributed by atoms with van der Waals surface area (Å²) >= 11 is 0. The molecule has 0 amide bonds. The molecule has 0 spiro atoms. The first-order valence-electron chi connectivity index (χ1n) is 6.11. The standard InChI is InChI=1S/C9H12.C6H5NO2.ClH.N2/c1-3-9-6-4-8(2)5-7-9;8-7(9)6-4-2-1-3-5-6;;1-2/h4-7H,3H2,1-2H3;1-5H;1H;. The summed E-state index contributed by atoms with van der Waals surface area (Å²) in [6.07, 6.45) is 1.14. The van der Waals surface area contributed by atoms with Crippen molar-refractivity contribution in [1.29, 1.82) is 5.39 Å². The number of hydrogen-bond donors (Lipinski definition) is 1. The third kappa shape index (κ3) is 9.14. The average molecular weight is 308 g/mol. The molecule has 0 fully saturated rings. The smallest absolute Gasteiger partial charge is 0.269 e. The molecule has 6 heteroatoms. The van der Waals surface area contributed by atoms with Gasteiger partial charge in [0.25, 0.3) is 5.69 Å². The van der Waals surface area contributed by atoms with Gasteiger partial charge < -0.3 is 12.4 Å². The van der Waals surface area contributed by atoms with E-state index < -0.39 is 4.92 Å². The van der Waals surface area contributed by atoms with E-state index >= 15 is 0 Å². The van der Waals surface area contributed by atoms with E-state index in [0.717, 1.165) is 6.42 Å². The fraction of sp³-hybridized carbons (Fsp3) is 0.200. The molecule has 0 aromatic heterocycles. The Labute approximate surface area is 130 Å². The molecule has 0 aliphatic heterocycles. The van der Waals surface area contributed by atoms with Gasteiger partial charge in [-0.15, -0.1) is 0 Å². The van der Waals surface area contributed by atoms with Crippen molar-refractivity contribution >= 4 is 5.69 Å². The molecule has 2 aromatic rings. The molecule has 0 aliphatic carbocycles. The molecule has 0 saturated carbocycles. The third-order valence-corrected chi connectivity index (χ3v) is 2.50. The van der Waals surface area contributed by atoms with Crippen LogP contribution >= 0.6 is 0 Å². The summed E-state index contributed by atoms with van der Waals surface area (Å²) in [4.78, 5) is 9.59. The van der Waals surface area contributed by atoms with E-state index in [1.807, 2.05) is 0 Å². The van der Waals surface area contributed by atoms with Crippen LogP contribution in [0, 0.1) is 22.4 Å². The predicted molar refractivity (Wildman–Crippen MR) is 76.3 cm³/mol.